The molecule has 2 atom stereocenters. The zero-order chi connectivity index (χ0) is 13.9. The molecule has 0 radical (unpaired) electrons. The molecule has 104 valence electrons. The Kier molecular flexibility index (Phi) is 3.79. The number of hydrogen-bond donors (Lipinski definition) is 0. The maximum atomic E-state index is 10.8. The molecule has 1 heterocycles. The molecular weight excluding hydrogens is 250 g/mol. The third kappa shape index (κ3) is 2.59. The second kappa shape index (κ2) is 5.71. The second-order valence-corrected chi connectivity index (χ2v) is 5.64. The zero-order valence-corrected chi connectivity index (χ0v) is 11.7. The topological polar surface area (TPSA) is 39.2 Å². The van der Waals surface area contributed by atoms with Crippen LogP contribution in [0.1, 0.15) is 41.2 Å². The molecule has 2 aromatic rings. The van der Waals surface area contributed by atoms with Gasteiger partial charge in [0.05, 0.1) is 5.52 Å². The lowest BCUT2D eigenvalue weighted by atomic mass is 10.00. The number of pyridine rings is 1. The van der Waals surface area contributed by atoms with Crippen LogP contribution in [0.3, 0.4) is 0 Å². The van der Waals surface area contributed by atoms with Crippen LogP contribution in [-0.2, 0) is 4.74 Å². The lowest BCUT2D eigenvalue weighted by Crippen LogP contribution is -2.04. The molecule has 0 bridgehead atoms. The Balaban J connectivity index is 1.84. The Labute approximate surface area is 119 Å². The van der Waals surface area contributed by atoms with Crippen LogP contribution in [0.15, 0.2) is 30.3 Å². The van der Waals surface area contributed by atoms with Crippen molar-refractivity contribution in [1.29, 1.82) is 0 Å². The highest BCUT2D eigenvalue weighted by molar-refractivity contribution is 5.86. The number of carbonyl (C=O) groups excluding carboxylic acids is 1. The van der Waals surface area contributed by atoms with Crippen LogP contribution in [-0.4, -0.2) is 25.0 Å². The standard InChI is InChI=1S/C17H19NO2/c1-20-11-13-2-4-14(9-13)17-7-5-15-8-12(10-19)3-6-16(15)18-17/h3,5-8,10,13-14H,2,4,9,11H2,1H3/t13-,14-/m0/s1. The Morgan fingerprint density at radius 3 is 3.00 bits per heavy atom. The number of carbonyl (C=O) groups is 1. The lowest BCUT2D eigenvalue weighted by molar-refractivity contribution is 0.112. The minimum atomic E-state index is 0.547. The van der Waals surface area contributed by atoms with E-state index in [9.17, 15) is 4.79 Å². The Morgan fingerprint density at radius 2 is 2.20 bits per heavy atom. The summed E-state index contributed by atoms with van der Waals surface area (Å²) in [5.41, 5.74) is 2.85. The van der Waals surface area contributed by atoms with Crippen molar-refractivity contribution in [3.63, 3.8) is 0 Å². The molecule has 0 amide bonds. The van der Waals surface area contributed by atoms with Gasteiger partial charge in [-0.05, 0) is 49.4 Å². The highest BCUT2D eigenvalue weighted by atomic mass is 16.5. The molecule has 1 aliphatic rings. The molecule has 1 aliphatic carbocycles. The predicted octanol–water partition coefficient (Wildman–Crippen LogP) is 3.58. The summed E-state index contributed by atoms with van der Waals surface area (Å²) in [6.07, 6.45) is 4.46. The molecule has 0 N–H and O–H groups in total. The first-order valence-electron chi connectivity index (χ1n) is 7.15. The maximum Gasteiger partial charge on any atom is 0.150 e. The molecule has 0 aliphatic heterocycles. The van der Waals surface area contributed by atoms with E-state index in [0.29, 0.717) is 17.4 Å². The van der Waals surface area contributed by atoms with Gasteiger partial charge in [-0.15, -0.1) is 0 Å². The van der Waals surface area contributed by atoms with Gasteiger partial charge in [0.2, 0.25) is 0 Å². The number of rotatable bonds is 4. The van der Waals surface area contributed by atoms with Crippen molar-refractivity contribution in [3.05, 3.63) is 41.6 Å². The third-order valence-corrected chi connectivity index (χ3v) is 4.23. The van der Waals surface area contributed by atoms with E-state index in [1.54, 1.807) is 7.11 Å². The summed E-state index contributed by atoms with van der Waals surface area (Å²) in [6.45, 7) is 0.854. The molecule has 1 saturated carbocycles. The van der Waals surface area contributed by atoms with Gasteiger partial charge in [0.25, 0.3) is 0 Å². The van der Waals surface area contributed by atoms with E-state index in [-0.39, 0.29) is 0 Å². The minimum Gasteiger partial charge on any atom is -0.384 e. The first kappa shape index (κ1) is 13.3. The van der Waals surface area contributed by atoms with Crippen molar-refractivity contribution in [2.75, 3.05) is 13.7 Å². The Hall–Kier alpha value is -1.74. The van der Waals surface area contributed by atoms with Crippen LogP contribution >= 0.6 is 0 Å². The zero-order valence-electron chi connectivity index (χ0n) is 11.7. The Bertz CT molecular complexity index is 623. The SMILES string of the molecule is COC[C@H]1CC[C@H](c2ccc3cc(C=O)ccc3n2)C1. The van der Waals surface area contributed by atoms with E-state index in [1.165, 1.54) is 25.0 Å². The van der Waals surface area contributed by atoms with E-state index in [4.69, 9.17) is 9.72 Å². The highest BCUT2D eigenvalue weighted by Gasteiger charge is 2.26. The summed E-state index contributed by atoms with van der Waals surface area (Å²) < 4.78 is 5.25. The van der Waals surface area contributed by atoms with E-state index in [1.807, 2.05) is 18.2 Å². The van der Waals surface area contributed by atoms with E-state index < -0.39 is 0 Å². The quantitative estimate of drug-likeness (QED) is 0.796. The van der Waals surface area contributed by atoms with Gasteiger partial charge < -0.3 is 4.74 Å². The molecule has 1 aromatic heterocycles. The monoisotopic (exact) mass is 269 g/mol. The predicted molar refractivity (Wildman–Crippen MR) is 79.1 cm³/mol. The summed E-state index contributed by atoms with van der Waals surface area (Å²) in [7, 11) is 1.77. The van der Waals surface area contributed by atoms with Crippen molar-refractivity contribution in [2.45, 2.75) is 25.2 Å². The second-order valence-electron chi connectivity index (χ2n) is 5.64. The summed E-state index contributed by atoms with van der Waals surface area (Å²) in [4.78, 5) is 15.6. The number of benzene rings is 1. The first-order chi connectivity index (χ1) is 9.80. The first-order valence-corrected chi connectivity index (χ1v) is 7.15. The van der Waals surface area contributed by atoms with Crippen LogP contribution in [0, 0.1) is 5.92 Å². The van der Waals surface area contributed by atoms with Crippen molar-refractivity contribution in [1.82, 2.24) is 4.98 Å². The molecule has 20 heavy (non-hydrogen) atoms. The average Bonchev–Trinajstić information content (AvgIpc) is 2.95. The van der Waals surface area contributed by atoms with Gasteiger partial charge in [-0.2, -0.15) is 0 Å². The largest absolute Gasteiger partial charge is 0.384 e. The smallest absolute Gasteiger partial charge is 0.150 e. The molecule has 1 aromatic carbocycles. The Morgan fingerprint density at radius 1 is 1.30 bits per heavy atom. The highest BCUT2D eigenvalue weighted by Crippen LogP contribution is 2.37. The lowest BCUT2D eigenvalue weighted by Gasteiger charge is -2.11. The van der Waals surface area contributed by atoms with E-state index in [0.717, 1.165) is 23.8 Å². The number of ether oxygens (including phenoxy) is 1. The fourth-order valence-electron chi connectivity index (χ4n) is 3.19. The molecular formula is C17H19NO2. The summed E-state index contributed by atoms with van der Waals surface area (Å²) in [5, 5.41) is 1.03. The van der Waals surface area contributed by atoms with E-state index >= 15 is 0 Å². The normalized spacial score (nSPS) is 22.2. The van der Waals surface area contributed by atoms with Crippen molar-refractivity contribution in [2.24, 2.45) is 5.92 Å². The number of aldehydes is 1. The number of hydrogen-bond acceptors (Lipinski definition) is 3. The van der Waals surface area contributed by atoms with Gasteiger partial charge in [-0.3, -0.25) is 9.78 Å². The van der Waals surface area contributed by atoms with Gasteiger partial charge in [-0.25, -0.2) is 0 Å². The van der Waals surface area contributed by atoms with Crippen LogP contribution < -0.4 is 0 Å². The number of methoxy groups -OCH3 is 1. The van der Waals surface area contributed by atoms with Gasteiger partial charge >= 0.3 is 0 Å². The van der Waals surface area contributed by atoms with Crippen LogP contribution in [0.5, 0.6) is 0 Å². The molecule has 0 unspecified atom stereocenters. The molecule has 1 fully saturated rings. The summed E-state index contributed by atoms with van der Waals surface area (Å²) >= 11 is 0. The van der Waals surface area contributed by atoms with E-state index in [2.05, 4.69) is 12.1 Å². The molecule has 0 saturated heterocycles. The molecule has 0 spiro atoms. The van der Waals surface area contributed by atoms with Crippen molar-refractivity contribution < 1.29 is 9.53 Å². The van der Waals surface area contributed by atoms with Gasteiger partial charge in [0.1, 0.15) is 6.29 Å². The maximum absolute atomic E-state index is 10.8. The number of nitrogens with zero attached hydrogens (tertiary/aromatic N) is 1. The molecule has 3 heteroatoms. The van der Waals surface area contributed by atoms with Gasteiger partial charge in [0, 0.05) is 36.3 Å². The summed E-state index contributed by atoms with van der Waals surface area (Å²) in [6, 6.07) is 9.84. The van der Waals surface area contributed by atoms with Crippen LogP contribution in [0.2, 0.25) is 0 Å². The number of aromatic nitrogens is 1. The van der Waals surface area contributed by atoms with Crippen molar-refractivity contribution in [3.8, 4) is 0 Å². The van der Waals surface area contributed by atoms with Crippen molar-refractivity contribution >= 4 is 17.2 Å². The summed E-state index contributed by atoms with van der Waals surface area (Å²) in [5.74, 6) is 1.21. The molecule has 3 rings (SSSR count). The van der Waals surface area contributed by atoms with Crippen LogP contribution in [0.4, 0.5) is 0 Å². The fourth-order valence-corrected chi connectivity index (χ4v) is 3.19. The number of fused-ring (bicyclic) bond motifs is 1. The third-order valence-electron chi connectivity index (χ3n) is 4.23. The van der Waals surface area contributed by atoms with Gasteiger partial charge in [-0.1, -0.05) is 6.07 Å². The van der Waals surface area contributed by atoms with Crippen LogP contribution in [0.25, 0.3) is 10.9 Å². The van der Waals surface area contributed by atoms with Gasteiger partial charge in [0.15, 0.2) is 0 Å². The average molecular weight is 269 g/mol. The minimum absolute atomic E-state index is 0.547. The fraction of sp³-hybridized carbons (Fsp3) is 0.412. The molecule has 3 nitrogen and oxygen atoms in total.